The molecular formula is C26H27N9Na2O12S3. The summed E-state index contributed by atoms with van der Waals surface area (Å²) in [5.41, 5.74) is 5.46. The number of carboxylic acid groups (broad SMARTS) is 2. The normalized spacial score (nSPS) is 25.4. The van der Waals surface area contributed by atoms with E-state index in [4.69, 9.17) is 10.5 Å². The second kappa shape index (κ2) is 16.9. The number of β-lactam (4-membered cyclic amide) rings is 2. The van der Waals surface area contributed by atoms with Gasteiger partial charge in [-0.05, 0) is 6.92 Å². The second-order valence-corrected chi connectivity index (χ2v) is 15.8. The first-order valence-corrected chi connectivity index (χ1v) is 17.7. The Bertz CT molecular complexity index is 1940. The van der Waals surface area contributed by atoms with Crippen LogP contribution in [0.1, 0.15) is 26.0 Å². The van der Waals surface area contributed by atoms with Crippen LogP contribution in [0.3, 0.4) is 0 Å². The van der Waals surface area contributed by atoms with Gasteiger partial charge >= 0.3 is 65.1 Å². The molecule has 0 saturated carbocycles. The Balaban J connectivity index is 0.000000289. The largest absolute Gasteiger partial charge is 1.00 e. The summed E-state index contributed by atoms with van der Waals surface area (Å²) in [5, 5.41) is 36.3. The molecule has 4 aliphatic rings. The number of nitrogens with one attached hydrogen (secondary N) is 1. The molecule has 3 saturated heterocycles. The predicted molar refractivity (Wildman–Crippen MR) is 165 cm³/mol. The molecule has 0 aliphatic carbocycles. The number of aliphatic carboxylic acids is 2. The van der Waals surface area contributed by atoms with Crippen molar-refractivity contribution in [1.29, 1.82) is 0 Å². The molecule has 2 aromatic rings. The Hall–Kier alpha value is -3.10. The first kappa shape index (κ1) is 43.3. The Morgan fingerprint density at radius 3 is 2.42 bits per heavy atom. The molecule has 0 spiro atoms. The van der Waals surface area contributed by atoms with Gasteiger partial charge in [0.05, 0.1) is 42.8 Å². The zero-order valence-corrected chi connectivity index (χ0v) is 34.7. The number of rotatable bonds is 10. The quantitative estimate of drug-likeness (QED) is 0.0741. The van der Waals surface area contributed by atoms with Crippen LogP contribution in [0.15, 0.2) is 34.2 Å². The summed E-state index contributed by atoms with van der Waals surface area (Å²) in [6.45, 7) is 2.02. The average molecular weight is 800 g/mol. The van der Waals surface area contributed by atoms with Crippen LogP contribution in [0.5, 0.6) is 0 Å². The summed E-state index contributed by atoms with van der Waals surface area (Å²) < 4.78 is 29.4. The number of sulfone groups is 1. The van der Waals surface area contributed by atoms with Gasteiger partial charge in [-0.1, -0.05) is 10.4 Å². The molecule has 0 radical (unpaired) electrons. The fourth-order valence-corrected chi connectivity index (χ4v) is 10.0. The smallest absolute Gasteiger partial charge is 0.548 e. The zero-order chi connectivity index (χ0) is 36.7. The van der Waals surface area contributed by atoms with Gasteiger partial charge in [0.25, 0.3) is 11.8 Å². The maximum Gasteiger partial charge on any atom is 1.00 e. The molecular weight excluding hydrogens is 773 g/mol. The van der Waals surface area contributed by atoms with Gasteiger partial charge < -0.3 is 45.3 Å². The molecule has 6 heterocycles. The molecule has 2 aromatic heterocycles. The number of carbonyl (C=O) groups is 6. The van der Waals surface area contributed by atoms with Gasteiger partial charge in [-0.25, -0.2) is 13.4 Å². The van der Waals surface area contributed by atoms with Gasteiger partial charge in [-0.2, -0.15) is 0 Å². The third-order valence-electron chi connectivity index (χ3n) is 8.12. The minimum atomic E-state index is -3.84. The molecule has 26 heteroatoms. The van der Waals surface area contributed by atoms with Crippen molar-refractivity contribution in [1.82, 2.24) is 35.1 Å². The number of nitrogen functional groups attached to an aromatic ring is 1. The molecule has 5 atom stereocenters. The molecule has 3 N–H and O–H groups in total. The van der Waals surface area contributed by atoms with Crippen LogP contribution in [0, 0.1) is 0 Å². The van der Waals surface area contributed by atoms with Gasteiger partial charge in [-0.15, -0.1) is 28.2 Å². The molecule has 0 unspecified atom stereocenters. The van der Waals surface area contributed by atoms with Crippen LogP contribution in [-0.2, 0) is 54.7 Å². The summed E-state index contributed by atoms with van der Waals surface area (Å²) in [6.07, 6.45) is 2.61. The summed E-state index contributed by atoms with van der Waals surface area (Å²) in [6, 6.07) is -2.51. The average Bonchev–Trinajstić information content (AvgIpc) is 3.75. The third kappa shape index (κ3) is 7.89. The number of thiazole rings is 1. The number of hydrogen-bond acceptors (Lipinski definition) is 19. The number of carbonyl (C=O) groups excluding carboxylic acids is 6. The zero-order valence-electron chi connectivity index (χ0n) is 28.2. The minimum absolute atomic E-state index is 0. The SMILES string of the molecule is CO/N=C(\C(=O)N[C@@H]1C(=O)N2C(C(=O)[O-])=C(COC(C)=O)CS[C@H]12)c1csc(N)n1.C[C@]1(Cn2ccnn2)[C@H](C(=O)[O-])N2C(=O)C[C@H]2S1(=O)=O.[Na+].[Na+]. The maximum atomic E-state index is 12.6. The second-order valence-electron chi connectivity index (χ2n) is 11.2. The fourth-order valence-electron chi connectivity index (χ4n) is 5.78. The van der Waals surface area contributed by atoms with Gasteiger partial charge in [0.15, 0.2) is 20.7 Å². The number of nitrogens with two attached hydrogens (primary N) is 1. The van der Waals surface area contributed by atoms with E-state index in [1.807, 2.05) is 0 Å². The van der Waals surface area contributed by atoms with E-state index in [1.165, 1.54) is 55.2 Å². The molecule has 52 heavy (non-hydrogen) atoms. The van der Waals surface area contributed by atoms with Crippen molar-refractivity contribution < 1.29 is 116 Å². The van der Waals surface area contributed by atoms with Crippen molar-refractivity contribution in [2.45, 2.75) is 54.4 Å². The molecule has 268 valence electrons. The predicted octanol–water partition coefficient (Wildman–Crippen LogP) is -10.8. The Kier molecular flexibility index (Phi) is 14.1. The van der Waals surface area contributed by atoms with E-state index in [9.17, 15) is 47.4 Å². The molecule has 3 fully saturated rings. The molecule has 0 aromatic carbocycles. The standard InChI is InChI=1S/C16H17N5O7S2.C10H12N4O5S.2Na/c1-6(22)28-3-7-4-29-14-10(13(24)21(14)11(7)15(25)26)19-12(23)9(20-27-2)8-5-30-16(17)18-8;1-10(5-13-3-2-11-12-13)8(9(16)17)14-6(15)4-7(14)20(10,18)19;;/h5,10,14H,3-4H2,1-2H3,(H2,17,18)(H,19,23)(H,25,26);2-3,7-8H,4-5H2,1H3,(H,16,17);;/q;;2*+1/p-2/b20-9-;;;/t10-,14-;7-,8+,10+;;/m11../s1. The number of thioether (sulfide) groups is 1. The third-order valence-corrected chi connectivity index (χ3v) is 12.9. The van der Waals surface area contributed by atoms with E-state index in [0.717, 1.165) is 21.1 Å². The molecule has 0 bridgehead atoms. The Morgan fingerprint density at radius 2 is 1.90 bits per heavy atom. The Morgan fingerprint density at radius 1 is 1.21 bits per heavy atom. The number of aromatic nitrogens is 4. The van der Waals surface area contributed by atoms with Gasteiger partial charge in [0, 0.05) is 29.8 Å². The molecule has 21 nitrogen and oxygen atoms in total. The summed E-state index contributed by atoms with van der Waals surface area (Å²) in [7, 11) is -2.59. The minimum Gasteiger partial charge on any atom is -0.548 e. The van der Waals surface area contributed by atoms with Gasteiger partial charge in [-0.3, -0.25) is 28.8 Å². The van der Waals surface area contributed by atoms with Crippen molar-refractivity contribution in [3.8, 4) is 0 Å². The van der Waals surface area contributed by atoms with E-state index < -0.39 is 73.0 Å². The van der Waals surface area contributed by atoms with E-state index in [-0.39, 0.29) is 112 Å². The fraction of sp³-hybridized carbons (Fsp3) is 0.462. The van der Waals surface area contributed by atoms with Crippen LogP contribution in [-0.4, -0.2) is 127 Å². The van der Waals surface area contributed by atoms with E-state index in [2.05, 4.69) is 30.6 Å². The van der Waals surface area contributed by atoms with E-state index in [1.54, 1.807) is 0 Å². The monoisotopic (exact) mass is 799 g/mol. The number of oxime groups is 1. The summed E-state index contributed by atoms with van der Waals surface area (Å²) in [4.78, 5) is 81.3. The molecule has 6 rings (SSSR count). The number of hydrogen-bond donors (Lipinski definition) is 2. The van der Waals surface area contributed by atoms with Crippen molar-refractivity contribution in [2.75, 3.05) is 25.2 Å². The topological polar surface area (TPSA) is 302 Å². The van der Waals surface area contributed by atoms with Crippen LogP contribution in [0.4, 0.5) is 5.13 Å². The molecule has 3 amide bonds. The number of anilines is 1. The number of amides is 3. The van der Waals surface area contributed by atoms with E-state index >= 15 is 0 Å². The van der Waals surface area contributed by atoms with Gasteiger partial charge in [0.2, 0.25) is 5.91 Å². The number of ether oxygens (including phenoxy) is 1. The summed E-state index contributed by atoms with van der Waals surface area (Å²) in [5.74, 6) is -5.42. The van der Waals surface area contributed by atoms with Crippen molar-refractivity contribution in [2.24, 2.45) is 5.16 Å². The van der Waals surface area contributed by atoms with Crippen molar-refractivity contribution in [3.63, 3.8) is 0 Å². The number of esters is 1. The van der Waals surface area contributed by atoms with Crippen LogP contribution < -0.4 is 80.4 Å². The number of fused-ring (bicyclic) bond motifs is 2. The first-order chi connectivity index (χ1) is 23.5. The van der Waals surface area contributed by atoms with E-state index in [0.29, 0.717) is 0 Å². The van der Waals surface area contributed by atoms with Crippen molar-refractivity contribution in [3.05, 3.63) is 34.7 Å². The first-order valence-electron chi connectivity index (χ1n) is 14.3. The maximum absolute atomic E-state index is 12.6. The van der Waals surface area contributed by atoms with Gasteiger partial charge in [0.1, 0.15) is 40.9 Å². The Labute approximate surface area is 347 Å². The van der Waals surface area contributed by atoms with Crippen LogP contribution in [0.2, 0.25) is 0 Å². The van der Waals surface area contributed by atoms with Crippen LogP contribution in [0.25, 0.3) is 0 Å². The summed E-state index contributed by atoms with van der Waals surface area (Å²) >= 11 is 2.32. The molecule has 4 aliphatic heterocycles. The number of nitrogens with zero attached hydrogens (tertiary/aromatic N) is 7. The number of carboxylic acids is 2. The van der Waals surface area contributed by atoms with Crippen LogP contribution >= 0.6 is 23.1 Å². The van der Waals surface area contributed by atoms with Crippen molar-refractivity contribution >= 4 is 79.4 Å².